The van der Waals surface area contributed by atoms with Crippen LogP contribution in [0.3, 0.4) is 0 Å². The largest absolute Gasteiger partial charge is 0.477 e. The zero-order chi connectivity index (χ0) is 16.7. The topological polar surface area (TPSA) is 126 Å². The Morgan fingerprint density at radius 3 is 2.61 bits per heavy atom. The van der Waals surface area contributed by atoms with Gasteiger partial charge >= 0.3 is 12.1 Å². The lowest BCUT2D eigenvalue weighted by atomic mass is 10.3. The number of anilines is 1. The highest BCUT2D eigenvalue weighted by molar-refractivity contribution is 7.20. The number of carboxylic acid groups (broad SMARTS) is 2. The van der Waals surface area contributed by atoms with Gasteiger partial charge in [-0.1, -0.05) is 0 Å². The molecule has 0 saturated carbocycles. The van der Waals surface area contributed by atoms with Crippen LogP contribution in [0.4, 0.5) is 10.6 Å². The fourth-order valence-corrected chi connectivity index (χ4v) is 3.05. The number of nitrogens with one attached hydrogen (secondary N) is 1. The van der Waals surface area contributed by atoms with Crippen molar-refractivity contribution in [3.8, 4) is 0 Å². The molecule has 0 aromatic carbocycles. The number of fused-ring (bicyclic) bond motifs is 1. The molecule has 0 atom stereocenters. The molecule has 0 aliphatic carbocycles. The number of carbonyl (C=O) groups excluding carboxylic acids is 1. The SMILES string of the molecule is Cn1cccc1C(=O)Nc1nn(C(=O)O)c2sc(C(=O)O)cc12. The van der Waals surface area contributed by atoms with Crippen molar-refractivity contribution < 1.29 is 24.6 Å². The molecule has 1 amide bonds. The normalized spacial score (nSPS) is 10.8. The van der Waals surface area contributed by atoms with Crippen molar-refractivity contribution in [1.29, 1.82) is 0 Å². The van der Waals surface area contributed by atoms with Crippen LogP contribution >= 0.6 is 11.3 Å². The maximum Gasteiger partial charge on any atom is 0.433 e. The van der Waals surface area contributed by atoms with E-state index < -0.39 is 18.0 Å². The number of hydrogen-bond donors (Lipinski definition) is 3. The molecule has 0 bridgehead atoms. The van der Waals surface area contributed by atoms with Gasteiger partial charge in [0.2, 0.25) is 0 Å². The van der Waals surface area contributed by atoms with Crippen LogP contribution in [-0.4, -0.2) is 42.5 Å². The Kier molecular flexibility index (Phi) is 3.37. The summed E-state index contributed by atoms with van der Waals surface area (Å²) in [6.45, 7) is 0. The van der Waals surface area contributed by atoms with E-state index in [1.54, 1.807) is 29.9 Å². The number of aromatic carboxylic acids is 1. The van der Waals surface area contributed by atoms with Crippen LogP contribution in [-0.2, 0) is 7.05 Å². The van der Waals surface area contributed by atoms with Gasteiger partial charge in [-0.2, -0.15) is 4.68 Å². The molecule has 0 aliphatic rings. The van der Waals surface area contributed by atoms with Gasteiger partial charge in [-0.25, -0.2) is 9.59 Å². The standard InChI is InChI=1S/C13H10N4O5S/c1-16-4-2-3-7(16)10(18)14-9-6-5-8(12(19)20)23-11(6)17(15-9)13(21)22/h2-5H,1H3,(H,19,20)(H,21,22)(H,14,15,18). The number of nitrogens with zero attached hydrogens (tertiary/aromatic N) is 3. The smallest absolute Gasteiger partial charge is 0.433 e. The summed E-state index contributed by atoms with van der Waals surface area (Å²) in [4.78, 5) is 34.6. The monoisotopic (exact) mass is 334 g/mol. The predicted molar refractivity (Wildman–Crippen MR) is 81.4 cm³/mol. The number of thiophene rings is 1. The van der Waals surface area contributed by atoms with Crippen molar-refractivity contribution >= 4 is 45.3 Å². The molecule has 10 heteroatoms. The van der Waals surface area contributed by atoms with Crippen molar-refractivity contribution in [1.82, 2.24) is 14.3 Å². The Morgan fingerprint density at radius 1 is 1.30 bits per heavy atom. The first-order chi connectivity index (χ1) is 10.9. The maximum absolute atomic E-state index is 12.2. The second kappa shape index (κ2) is 5.25. The fraction of sp³-hybridized carbons (Fsp3) is 0.0769. The first-order valence-corrected chi connectivity index (χ1v) is 7.12. The molecule has 0 aliphatic heterocycles. The molecule has 0 fully saturated rings. The highest BCUT2D eigenvalue weighted by atomic mass is 32.1. The molecule has 0 radical (unpaired) electrons. The number of rotatable bonds is 3. The Morgan fingerprint density at radius 2 is 2.04 bits per heavy atom. The minimum absolute atomic E-state index is 0.00245. The zero-order valence-electron chi connectivity index (χ0n) is 11.7. The summed E-state index contributed by atoms with van der Waals surface area (Å²) in [6.07, 6.45) is 0.321. The van der Waals surface area contributed by atoms with Crippen molar-refractivity contribution in [2.75, 3.05) is 5.32 Å². The van der Waals surface area contributed by atoms with E-state index >= 15 is 0 Å². The Balaban J connectivity index is 2.06. The van der Waals surface area contributed by atoms with Gasteiger partial charge in [0.25, 0.3) is 5.91 Å². The fourth-order valence-electron chi connectivity index (χ4n) is 2.10. The number of hydrogen-bond acceptors (Lipinski definition) is 5. The Hall–Kier alpha value is -3.14. The van der Waals surface area contributed by atoms with Crippen molar-refractivity contribution in [2.24, 2.45) is 7.05 Å². The molecule has 0 unspecified atom stereocenters. The van der Waals surface area contributed by atoms with Gasteiger partial charge in [0.15, 0.2) is 5.82 Å². The Labute approximate surface area is 132 Å². The minimum atomic E-state index is -1.37. The lowest BCUT2D eigenvalue weighted by Gasteiger charge is -2.03. The molecule has 3 aromatic rings. The highest BCUT2D eigenvalue weighted by Gasteiger charge is 2.22. The van der Waals surface area contributed by atoms with E-state index in [-0.39, 0.29) is 20.9 Å². The summed E-state index contributed by atoms with van der Waals surface area (Å²) in [5.74, 6) is -1.65. The van der Waals surface area contributed by atoms with E-state index in [1.165, 1.54) is 6.07 Å². The van der Waals surface area contributed by atoms with Gasteiger partial charge in [-0.05, 0) is 18.2 Å². The van der Waals surface area contributed by atoms with Crippen LogP contribution in [0.5, 0.6) is 0 Å². The molecule has 3 rings (SSSR count). The lowest BCUT2D eigenvalue weighted by molar-refractivity contribution is 0.0702. The minimum Gasteiger partial charge on any atom is -0.477 e. The van der Waals surface area contributed by atoms with Gasteiger partial charge in [0, 0.05) is 13.2 Å². The highest BCUT2D eigenvalue weighted by Crippen LogP contribution is 2.31. The second-order valence-corrected chi connectivity index (χ2v) is 5.67. The van der Waals surface area contributed by atoms with Gasteiger partial charge < -0.3 is 20.1 Å². The average molecular weight is 334 g/mol. The van der Waals surface area contributed by atoms with E-state index in [0.29, 0.717) is 10.4 Å². The third kappa shape index (κ3) is 2.44. The van der Waals surface area contributed by atoms with Crippen LogP contribution in [0, 0.1) is 0 Å². The molecular weight excluding hydrogens is 324 g/mol. The van der Waals surface area contributed by atoms with Crippen molar-refractivity contribution in [3.05, 3.63) is 35.0 Å². The number of aryl methyl sites for hydroxylation is 1. The van der Waals surface area contributed by atoms with Crippen LogP contribution in [0.2, 0.25) is 0 Å². The molecule has 3 N–H and O–H groups in total. The number of carboxylic acids is 1. The van der Waals surface area contributed by atoms with Gasteiger partial charge in [0.05, 0.1) is 5.39 Å². The summed E-state index contributed by atoms with van der Waals surface area (Å²) in [6, 6.07) is 4.57. The first-order valence-electron chi connectivity index (χ1n) is 6.30. The third-order valence-electron chi connectivity index (χ3n) is 3.16. The van der Waals surface area contributed by atoms with E-state index in [1.807, 2.05) is 0 Å². The van der Waals surface area contributed by atoms with E-state index in [9.17, 15) is 14.4 Å². The van der Waals surface area contributed by atoms with Crippen molar-refractivity contribution in [2.45, 2.75) is 0 Å². The van der Waals surface area contributed by atoms with Crippen LogP contribution < -0.4 is 5.32 Å². The summed E-state index contributed by atoms with van der Waals surface area (Å²) in [5, 5.41) is 24.8. The number of amides is 1. The Bertz CT molecular complexity index is 951. The van der Waals surface area contributed by atoms with Crippen molar-refractivity contribution in [3.63, 3.8) is 0 Å². The summed E-state index contributed by atoms with van der Waals surface area (Å²) >= 11 is 0.772. The van der Waals surface area contributed by atoms with Crippen LogP contribution in [0.25, 0.3) is 10.2 Å². The van der Waals surface area contributed by atoms with Gasteiger partial charge in [-0.3, -0.25) is 4.79 Å². The zero-order valence-corrected chi connectivity index (χ0v) is 12.5. The van der Waals surface area contributed by atoms with E-state index in [2.05, 4.69) is 10.4 Å². The summed E-state index contributed by atoms with van der Waals surface area (Å²) in [5.41, 5.74) is 0.358. The quantitative estimate of drug-likeness (QED) is 0.671. The molecule has 23 heavy (non-hydrogen) atoms. The van der Waals surface area contributed by atoms with E-state index in [0.717, 1.165) is 11.3 Å². The average Bonchev–Trinajstić information content (AvgIpc) is 3.14. The molecule has 118 valence electrons. The van der Waals surface area contributed by atoms with Crippen LogP contribution in [0.1, 0.15) is 20.2 Å². The third-order valence-corrected chi connectivity index (χ3v) is 4.26. The predicted octanol–water partition coefficient (Wildman–Crippen LogP) is 1.91. The lowest BCUT2D eigenvalue weighted by Crippen LogP contribution is -2.16. The number of aromatic nitrogens is 3. The molecule has 9 nitrogen and oxygen atoms in total. The van der Waals surface area contributed by atoms with Gasteiger partial charge in [-0.15, -0.1) is 16.4 Å². The molecule has 3 aromatic heterocycles. The molecule has 0 saturated heterocycles. The van der Waals surface area contributed by atoms with E-state index in [4.69, 9.17) is 10.2 Å². The maximum atomic E-state index is 12.2. The summed E-state index contributed by atoms with van der Waals surface area (Å²) in [7, 11) is 1.69. The molecular formula is C13H10N4O5S. The second-order valence-electron chi connectivity index (χ2n) is 4.64. The molecule has 3 heterocycles. The first kappa shape index (κ1) is 14.8. The number of carbonyl (C=O) groups is 3. The van der Waals surface area contributed by atoms with Gasteiger partial charge in [0.1, 0.15) is 15.4 Å². The van der Waals surface area contributed by atoms with Crippen LogP contribution in [0.15, 0.2) is 24.4 Å². The summed E-state index contributed by atoms with van der Waals surface area (Å²) < 4.78 is 2.24. The molecule has 0 spiro atoms.